The predicted molar refractivity (Wildman–Crippen MR) is 202 cm³/mol. The summed E-state index contributed by atoms with van der Waals surface area (Å²) in [6.45, 7) is 0. The molecule has 0 aliphatic heterocycles. The highest BCUT2D eigenvalue weighted by atomic mass is 14.9. The standard InChI is InChI=1S/C46H30N2/c1-3-15-32(16-4-1)42-30-43(33-17-5-2-6-18-33)48-46(47-42)37-21-13-20-35(29-37)44-38-22-9-11-24-40(38)45(41-25-12-10-23-39(41)44)36-27-26-31-14-7-8-19-34(31)28-36/h1-30H. The summed E-state index contributed by atoms with van der Waals surface area (Å²) in [7, 11) is 0. The summed E-state index contributed by atoms with van der Waals surface area (Å²) in [6, 6.07) is 64.5. The molecule has 2 nitrogen and oxygen atoms in total. The molecule has 9 rings (SSSR count). The molecule has 9 aromatic rings. The maximum atomic E-state index is 5.13. The van der Waals surface area contributed by atoms with E-state index in [1.165, 1.54) is 49.0 Å². The van der Waals surface area contributed by atoms with Crippen LogP contribution in [-0.2, 0) is 0 Å². The van der Waals surface area contributed by atoms with Gasteiger partial charge in [0.05, 0.1) is 11.4 Å². The Labute approximate surface area is 279 Å². The largest absolute Gasteiger partial charge is 0.228 e. The summed E-state index contributed by atoms with van der Waals surface area (Å²) in [4.78, 5) is 10.3. The van der Waals surface area contributed by atoms with Crippen molar-refractivity contribution in [3.8, 4) is 56.2 Å². The molecule has 0 spiro atoms. The van der Waals surface area contributed by atoms with Gasteiger partial charge in [-0.25, -0.2) is 9.97 Å². The molecule has 0 bridgehead atoms. The van der Waals surface area contributed by atoms with Gasteiger partial charge in [-0.2, -0.15) is 0 Å². The summed E-state index contributed by atoms with van der Waals surface area (Å²) < 4.78 is 0. The molecule has 0 amide bonds. The minimum atomic E-state index is 0.707. The molecule has 0 aliphatic carbocycles. The second kappa shape index (κ2) is 11.8. The summed E-state index contributed by atoms with van der Waals surface area (Å²) in [5.41, 5.74) is 9.76. The second-order valence-corrected chi connectivity index (χ2v) is 12.2. The number of nitrogens with zero attached hydrogens (tertiary/aromatic N) is 2. The van der Waals surface area contributed by atoms with Crippen LogP contribution in [0.1, 0.15) is 0 Å². The van der Waals surface area contributed by atoms with Crippen molar-refractivity contribution in [2.45, 2.75) is 0 Å². The van der Waals surface area contributed by atoms with E-state index in [1.807, 2.05) is 12.1 Å². The highest BCUT2D eigenvalue weighted by molar-refractivity contribution is 6.21. The van der Waals surface area contributed by atoms with E-state index in [9.17, 15) is 0 Å². The highest BCUT2D eigenvalue weighted by Gasteiger charge is 2.18. The van der Waals surface area contributed by atoms with E-state index in [0.717, 1.165) is 33.6 Å². The smallest absolute Gasteiger partial charge is 0.160 e. The zero-order chi connectivity index (χ0) is 31.9. The van der Waals surface area contributed by atoms with E-state index in [2.05, 4.69) is 170 Å². The average molecular weight is 611 g/mol. The number of rotatable bonds is 5. The third-order valence-electron chi connectivity index (χ3n) is 9.24. The van der Waals surface area contributed by atoms with Crippen LogP contribution in [0.3, 0.4) is 0 Å². The average Bonchev–Trinajstić information content (AvgIpc) is 3.17. The molecular weight excluding hydrogens is 581 g/mol. The van der Waals surface area contributed by atoms with Crippen molar-refractivity contribution in [1.29, 1.82) is 0 Å². The van der Waals surface area contributed by atoms with Gasteiger partial charge >= 0.3 is 0 Å². The molecule has 0 fully saturated rings. The van der Waals surface area contributed by atoms with E-state index in [-0.39, 0.29) is 0 Å². The Morgan fingerprint density at radius 2 is 0.708 bits per heavy atom. The van der Waals surface area contributed by atoms with Crippen LogP contribution < -0.4 is 0 Å². The Morgan fingerprint density at radius 1 is 0.271 bits per heavy atom. The van der Waals surface area contributed by atoms with E-state index < -0.39 is 0 Å². The van der Waals surface area contributed by atoms with Gasteiger partial charge in [-0.05, 0) is 72.8 Å². The van der Waals surface area contributed by atoms with E-state index in [4.69, 9.17) is 9.97 Å². The van der Waals surface area contributed by atoms with E-state index in [1.54, 1.807) is 0 Å². The maximum Gasteiger partial charge on any atom is 0.160 e. The van der Waals surface area contributed by atoms with Crippen LogP contribution in [0.5, 0.6) is 0 Å². The quantitative estimate of drug-likeness (QED) is 0.181. The molecule has 0 saturated heterocycles. The first-order valence-corrected chi connectivity index (χ1v) is 16.3. The Balaban J connectivity index is 1.26. The lowest BCUT2D eigenvalue weighted by atomic mass is 9.85. The summed E-state index contributed by atoms with van der Waals surface area (Å²) in [6.07, 6.45) is 0. The number of hydrogen-bond donors (Lipinski definition) is 0. The van der Waals surface area contributed by atoms with Gasteiger partial charge in [0.15, 0.2) is 5.82 Å². The number of hydrogen-bond acceptors (Lipinski definition) is 2. The fourth-order valence-electron chi connectivity index (χ4n) is 7.00. The van der Waals surface area contributed by atoms with Crippen molar-refractivity contribution in [2.75, 3.05) is 0 Å². The van der Waals surface area contributed by atoms with Crippen molar-refractivity contribution >= 4 is 32.3 Å². The molecule has 0 radical (unpaired) electrons. The summed E-state index contributed by atoms with van der Waals surface area (Å²) >= 11 is 0. The van der Waals surface area contributed by atoms with E-state index in [0.29, 0.717) is 5.82 Å². The first-order valence-electron chi connectivity index (χ1n) is 16.3. The minimum Gasteiger partial charge on any atom is -0.228 e. The highest BCUT2D eigenvalue weighted by Crippen LogP contribution is 2.44. The lowest BCUT2D eigenvalue weighted by Gasteiger charge is -2.18. The van der Waals surface area contributed by atoms with Gasteiger partial charge in [-0.1, -0.05) is 164 Å². The van der Waals surface area contributed by atoms with Gasteiger partial charge in [-0.15, -0.1) is 0 Å². The van der Waals surface area contributed by atoms with E-state index >= 15 is 0 Å². The molecule has 48 heavy (non-hydrogen) atoms. The summed E-state index contributed by atoms with van der Waals surface area (Å²) in [5.74, 6) is 0.707. The molecule has 1 heterocycles. The van der Waals surface area contributed by atoms with Gasteiger partial charge in [0, 0.05) is 16.7 Å². The van der Waals surface area contributed by atoms with Crippen LogP contribution >= 0.6 is 0 Å². The van der Waals surface area contributed by atoms with Gasteiger partial charge in [0.1, 0.15) is 0 Å². The van der Waals surface area contributed by atoms with Gasteiger partial charge in [0.2, 0.25) is 0 Å². The third kappa shape index (κ3) is 4.92. The van der Waals surface area contributed by atoms with Crippen LogP contribution in [0.25, 0.3) is 88.5 Å². The van der Waals surface area contributed by atoms with Crippen LogP contribution in [0.2, 0.25) is 0 Å². The van der Waals surface area contributed by atoms with Crippen molar-refractivity contribution < 1.29 is 0 Å². The lowest BCUT2D eigenvalue weighted by Crippen LogP contribution is -1.96. The van der Waals surface area contributed by atoms with Crippen LogP contribution in [0.15, 0.2) is 182 Å². The van der Waals surface area contributed by atoms with Crippen LogP contribution in [0.4, 0.5) is 0 Å². The topological polar surface area (TPSA) is 25.8 Å². The first kappa shape index (κ1) is 27.9. The van der Waals surface area contributed by atoms with Gasteiger partial charge < -0.3 is 0 Å². The molecule has 0 unspecified atom stereocenters. The number of aromatic nitrogens is 2. The maximum absolute atomic E-state index is 5.13. The normalized spacial score (nSPS) is 11.3. The van der Waals surface area contributed by atoms with Crippen molar-refractivity contribution in [2.24, 2.45) is 0 Å². The zero-order valence-corrected chi connectivity index (χ0v) is 26.2. The van der Waals surface area contributed by atoms with Crippen molar-refractivity contribution in [1.82, 2.24) is 9.97 Å². The molecule has 8 aromatic carbocycles. The van der Waals surface area contributed by atoms with Crippen LogP contribution in [-0.4, -0.2) is 9.97 Å². The zero-order valence-electron chi connectivity index (χ0n) is 26.2. The molecular formula is C46H30N2. The molecule has 224 valence electrons. The Morgan fingerprint density at radius 3 is 1.27 bits per heavy atom. The molecule has 0 saturated carbocycles. The Hall–Kier alpha value is -6.38. The fourth-order valence-corrected chi connectivity index (χ4v) is 7.00. The van der Waals surface area contributed by atoms with Gasteiger partial charge in [0.25, 0.3) is 0 Å². The number of fused-ring (bicyclic) bond motifs is 3. The Kier molecular flexibility index (Phi) is 6.84. The van der Waals surface area contributed by atoms with Crippen molar-refractivity contribution in [3.63, 3.8) is 0 Å². The molecule has 1 aromatic heterocycles. The van der Waals surface area contributed by atoms with Crippen LogP contribution in [0, 0.1) is 0 Å². The lowest BCUT2D eigenvalue weighted by molar-refractivity contribution is 1.18. The van der Waals surface area contributed by atoms with Crippen molar-refractivity contribution in [3.05, 3.63) is 182 Å². The molecule has 0 N–H and O–H groups in total. The van der Waals surface area contributed by atoms with Gasteiger partial charge in [-0.3, -0.25) is 0 Å². The monoisotopic (exact) mass is 610 g/mol. The predicted octanol–water partition coefficient (Wildman–Crippen LogP) is 12.3. The minimum absolute atomic E-state index is 0.707. The number of benzene rings is 8. The summed E-state index contributed by atoms with van der Waals surface area (Å²) in [5, 5.41) is 7.41. The molecule has 0 aliphatic rings. The fraction of sp³-hybridized carbons (Fsp3) is 0. The first-order chi connectivity index (χ1) is 23.8. The molecule has 0 atom stereocenters. The molecule has 2 heteroatoms. The Bertz CT molecular complexity index is 2490. The SMILES string of the molecule is c1ccc(-c2cc(-c3ccccc3)nc(-c3cccc(-c4c5ccccc5c(-c5ccc6ccccc6c5)c5ccccc45)c3)n2)cc1. The third-order valence-corrected chi connectivity index (χ3v) is 9.24. The second-order valence-electron chi connectivity index (χ2n) is 12.2.